The Balaban J connectivity index is 1.35. The molecule has 2 atom stereocenters. The van der Waals surface area contributed by atoms with Crippen molar-refractivity contribution < 1.29 is 13.2 Å². The monoisotopic (exact) mass is 517 g/mol. The lowest BCUT2D eigenvalue weighted by Crippen LogP contribution is -2.25. The molecule has 2 unspecified atom stereocenters. The molecule has 4 heterocycles. The van der Waals surface area contributed by atoms with E-state index in [2.05, 4.69) is 63.0 Å². The van der Waals surface area contributed by atoms with Crippen molar-refractivity contribution in [1.82, 2.24) is 35.2 Å². The Kier molecular flexibility index (Phi) is 6.17. The molecule has 0 saturated carbocycles. The number of hydrogen-bond donors (Lipinski definition) is 1. The van der Waals surface area contributed by atoms with Gasteiger partial charge in [-0.15, -0.1) is 5.10 Å². The number of fused-ring (bicyclic) bond motifs is 1. The molecule has 190 valence electrons. The van der Waals surface area contributed by atoms with Crippen LogP contribution >= 0.6 is 0 Å². The number of H-pyrrole nitrogens is 1. The number of ether oxygens (including phenoxy) is 1. The average molecular weight is 518 g/mol. The summed E-state index contributed by atoms with van der Waals surface area (Å²) in [5.41, 5.74) is 5.40. The fraction of sp³-hybridized carbons (Fsp3) is 0.346. The van der Waals surface area contributed by atoms with Crippen molar-refractivity contribution in [2.24, 2.45) is 5.92 Å². The molecular formula is C26H27N7O3S. The number of allylic oxidation sites excluding steroid dienone is 2. The number of nitrogens with zero attached hydrogens (tertiary/aromatic N) is 6. The molecule has 1 aliphatic carbocycles. The van der Waals surface area contributed by atoms with Crippen LogP contribution in [-0.4, -0.2) is 61.2 Å². The van der Waals surface area contributed by atoms with Gasteiger partial charge in [-0.1, -0.05) is 55.5 Å². The molecule has 0 radical (unpaired) electrons. The summed E-state index contributed by atoms with van der Waals surface area (Å²) in [6, 6.07) is 10.1. The molecule has 3 aromatic heterocycles. The lowest BCUT2D eigenvalue weighted by molar-refractivity contribution is 0.0495. The molecular weight excluding hydrogens is 490 g/mol. The molecule has 4 aromatic rings. The molecule has 1 fully saturated rings. The van der Waals surface area contributed by atoms with Crippen LogP contribution in [0, 0.1) is 5.92 Å². The molecule has 1 N–H and O–H groups in total. The minimum atomic E-state index is -3.01. The molecule has 10 nitrogen and oxygen atoms in total. The van der Waals surface area contributed by atoms with E-state index in [1.54, 1.807) is 6.20 Å². The van der Waals surface area contributed by atoms with Crippen LogP contribution in [0.5, 0.6) is 0 Å². The smallest absolute Gasteiger partial charge is 0.184 e. The van der Waals surface area contributed by atoms with Crippen LogP contribution in [0.15, 0.2) is 61.0 Å². The minimum absolute atomic E-state index is 0.0290. The first-order chi connectivity index (χ1) is 18.0. The van der Waals surface area contributed by atoms with Crippen LogP contribution in [0.4, 0.5) is 0 Å². The minimum Gasteiger partial charge on any atom is -0.369 e. The van der Waals surface area contributed by atoms with Gasteiger partial charge in [0.1, 0.15) is 9.84 Å². The lowest BCUT2D eigenvalue weighted by Gasteiger charge is -2.27. The second-order valence-corrected chi connectivity index (χ2v) is 11.9. The first kappa shape index (κ1) is 23.7. The number of aromatic nitrogens is 7. The fourth-order valence-corrected chi connectivity index (χ4v) is 6.62. The van der Waals surface area contributed by atoms with Crippen molar-refractivity contribution in [1.29, 1.82) is 0 Å². The van der Waals surface area contributed by atoms with Gasteiger partial charge in [0, 0.05) is 23.6 Å². The maximum Gasteiger partial charge on any atom is 0.184 e. The summed E-state index contributed by atoms with van der Waals surface area (Å²) >= 11 is 0. The number of rotatable bonds is 6. The quantitative estimate of drug-likeness (QED) is 0.412. The average Bonchev–Trinajstić information content (AvgIpc) is 3.58. The molecule has 6 rings (SSSR count). The van der Waals surface area contributed by atoms with E-state index in [1.807, 2.05) is 28.9 Å². The third kappa shape index (κ3) is 4.72. The van der Waals surface area contributed by atoms with Crippen LogP contribution in [-0.2, 0) is 21.2 Å². The number of sulfone groups is 1. The number of hydrogen-bond acceptors (Lipinski definition) is 8. The van der Waals surface area contributed by atoms with Crippen molar-refractivity contribution in [3.63, 3.8) is 0 Å². The van der Waals surface area contributed by atoms with E-state index in [0.29, 0.717) is 36.5 Å². The normalized spacial score (nSPS) is 21.8. The second kappa shape index (κ2) is 9.64. The predicted octanol–water partition coefficient (Wildman–Crippen LogP) is 3.38. The maximum atomic E-state index is 12.2. The van der Waals surface area contributed by atoms with Gasteiger partial charge in [0.05, 0.1) is 41.7 Å². The summed E-state index contributed by atoms with van der Waals surface area (Å²) < 4.78 is 32.4. The van der Waals surface area contributed by atoms with Crippen molar-refractivity contribution in [2.45, 2.75) is 38.4 Å². The van der Waals surface area contributed by atoms with Crippen molar-refractivity contribution in [3.8, 4) is 11.4 Å². The van der Waals surface area contributed by atoms with Crippen LogP contribution < -0.4 is 0 Å². The van der Waals surface area contributed by atoms with Crippen molar-refractivity contribution in [2.75, 3.05) is 11.5 Å². The Bertz CT molecular complexity index is 1560. The van der Waals surface area contributed by atoms with Crippen LogP contribution in [0.3, 0.4) is 0 Å². The molecule has 11 heteroatoms. The molecule has 0 spiro atoms. The Morgan fingerprint density at radius 3 is 2.65 bits per heavy atom. The zero-order valence-corrected chi connectivity index (χ0v) is 21.2. The van der Waals surface area contributed by atoms with E-state index >= 15 is 0 Å². The number of tetrazole rings is 1. The Morgan fingerprint density at radius 1 is 1.11 bits per heavy atom. The van der Waals surface area contributed by atoms with E-state index in [1.165, 1.54) is 0 Å². The van der Waals surface area contributed by atoms with E-state index in [-0.39, 0.29) is 29.4 Å². The molecule has 0 bridgehead atoms. The predicted molar refractivity (Wildman–Crippen MR) is 138 cm³/mol. The van der Waals surface area contributed by atoms with E-state index in [9.17, 15) is 8.42 Å². The molecule has 1 saturated heterocycles. The van der Waals surface area contributed by atoms with Crippen LogP contribution in [0.1, 0.15) is 42.5 Å². The SMILES string of the molecule is CC1C=C(c2cnc3c(-c4nnn[nH]4)cnn3c2C2CCS(=O)(=O)CC2)C=CC1OCc1ccccc1. The molecule has 1 aliphatic heterocycles. The summed E-state index contributed by atoms with van der Waals surface area (Å²) in [5.74, 6) is 0.994. The lowest BCUT2D eigenvalue weighted by atomic mass is 9.87. The van der Waals surface area contributed by atoms with Crippen molar-refractivity contribution >= 4 is 21.1 Å². The Labute approximate surface area is 214 Å². The summed E-state index contributed by atoms with van der Waals surface area (Å²) in [7, 11) is -3.01. The zero-order valence-electron chi connectivity index (χ0n) is 20.4. The van der Waals surface area contributed by atoms with E-state index in [0.717, 1.165) is 22.4 Å². The largest absolute Gasteiger partial charge is 0.369 e. The molecule has 0 amide bonds. The van der Waals surface area contributed by atoms with Crippen molar-refractivity contribution in [3.05, 3.63) is 77.8 Å². The maximum absolute atomic E-state index is 12.2. The Hall–Kier alpha value is -3.70. The second-order valence-electron chi connectivity index (χ2n) is 9.63. The summed E-state index contributed by atoms with van der Waals surface area (Å²) in [6.07, 6.45) is 11.0. The van der Waals surface area contributed by atoms with Gasteiger partial charge in [-0.3, -0.25) is 0 Å². The third-order valence-electron chi connectivity index (χ3n) is 7.13. The number of aromatic amines is 1. The molecule has 37 heavy (non-hydrogen) atoms. The third-order valence-corrected chi connectivity index (χ3v) is 8.84. The van der Waals surface area contributed by atoms with Gasteiger partial charge in [0.2, 0.25) is 0 Å². The standard InChI is InChI=1S/C26H27N7O3S/c1-17-13-20(7-8-23(17)36-16-18-5-3-2-4-6-18)21-14-27-26-22(25-29-31-32-30-25)15-28-33(26)24(21)19-9-11-37(34,35)12-10-19/h2-8,13-15,17,19,23H,9-12,16H2,1H3,(H,29,30,31,32). The summed E-state index contributed by atoms with van der Waals surface area (Å²) in [6.45, 7) is 2.69. The van der Waals surface area contributed by atoms with Gasteiger partial charge >= 0.3 is 0 Å². The topological polar surface area (TPSA) is 128 Å². The van der Waals surface area contributed by atoms with Gasteiger partial charge in [-0.2, -0.15) is 5.10 Å². The van der Waals surface area contributed by atoms with Gasteiger partial charge < -0.3 is 4.74 Å². The highest BCUT2D eigenvalue weighted by Crippen LogP contribution is 2.37. The first-order valence-corrected chi connectivity index (χ1v) is 14.2. The highest BCUT2D eigenvalue weighted by atomic mass is 32.2. The first-order valence-electron chi connectivity index (χ1n) is 12.4. The number of benzene rings is 1. The van der Waals surface area contributed by atoms with Crippen LogP contribution in [0.25, 0.3) is 22.6 Å². The highest BCUT2D eigenvalue weighted by Gasteiger charge is 2.31. The fourth-order valence-electron chi connectivity index (χ4n) is 5.13. The van der Waals surface area contributed by atoms with Gasteiger partial charge in [-0.05, 0) is 34.4 Å². The van der Waals surface area contributed by atoms with E-state index < -0.39 is 9.84 Å². The van der Waals surface area contributed by atoms with E-state index in [4.69, 9.17) is 9.72 Å². The van der Waals surface area contributed by atoms with Gasteiger partial charge in [0.15, 0.2) is 11.5 Å². The molecule has 2 aliphatic rings. The molecule has 1 aromatic carbocycles. The number of nitrogens with one attached hydrogen (secondary N) is 1. The summed E-state index contributed by atoms with van der Waals surface area (Å²) in [4.78, 5) is 4.74. The van der Waals surface area contributed by atoms with Gasteiger partial charge in [-0.25, -0.2) is 23.0 Å². The summed E-state index contributed by atoms with van der Waals surface area (Å²) in [5, 5.41) is 18.8. The van der Waals surface area contributed by atoms with Gasteiger partial charge in [0.25, 0.3) is 0 Å². The zero-order chi connectivity index (χ0) is 25.4. The van der Waals surface area contributed by atoms with Crippen LogP contribution in [0.2, 0.25) is 0 Å². The Morgan fingerprint density at radius 2 is 1.92 bits per heavy atom. The highest BCUT2D eigenvalue weighted by molar-refractivity contribution is 7.91.